The van der Waals surface area contributed by atoms with E-state index in [-0.39, 0.29) is 12.7 Å². The van der Waals surface area contributed by atoms with Crippen LogP contribution in [0.15, 0.2) is 72.8 Å². The SMILES string of the molecule is O=C(c1cccc(OCc2ccccc2)c1)N1CCN(Cc2ccc3c(c2)OCO3)CC1. The van der Waals surface area contributed by atoms with E-state index in [9.17, 15) is 4.79 Å². The molecule has 1 saturated heterocycles. The summed E-state index contributed by atoms with van der Waals surface area (Å²) in [6, 6.07) is 23.6. The summed E-state index contributed by atoms with van der Waals surface area (Å²) < 4.78 is 16.7. The van der Waals surface area contributed by atoms with E-state index in [2.05, 4.69) is 11.0 Å². The van der Waals surface area contributed by atoms with Gasteiger partial charge in [0.2, 0.25) is 6.79 Å². The molecule has 164 valence electrons. The van der Waals surface area contributed by atoms with E-state index in [4.69, 9.17) is 14.2 Å². The van der Waals surface area contributed by atoms with Gasteiger partial charge in [0.1, 0.15) is 12.4 Å². The van der Waals surface area contributed by atoms with Crippen molar-refractivity contribution in [3.63, 3.8) is 0 Å². The molecule has 0 unspecified atom stereocenters. The van der Waals surface area contributed by atoms with E-state index in [0.29, 0.717) is 31.0 Å². The number of hydrogen-bond donors (Lipinski definition) is 0. The molecule has 0 atom stereocenters. The largest absolute Gasteiger partial charge is 0.489 e. The molecular weight excluding hydrogens is 404 g/mol. The van der Waals surface area contributed by atoms with Crippen molar-refractivity contribution >= 4 is 5.91 Å². The highest BCUT2D eigenvalue weighted by Gasteiger charge is 2.23. The molecule has 2 heterocycles. The van der Waals surface area contributed by atoms with Crippen LogP contribution in [0.25, 0.3) is 0 Å². The number of hydrogen-bond acceptors (Lipinski definition) is 5. The molecule has 0 aromatic heterocycles. The summed E-state index contributed by atoms with van der Waals surface area (Å²) in [7, 11) is 0. The number of benzene rings is 3. The van der Waals surface area contributed by atoms with E-state index in [1.807, 2.05) is 71.6 Å². The summed E-state index contributed by atoms with van der Waals surface area (Å²) in [5, 5.41) is 0. The molecule has 6 nitrogen and oxygen atoms in total. The Morgan fingerprint density at radius 2 is 1.62 bits per heavy atom. The Balaban J connectivity index is 1.15. The lowest BCUT2D eigenvalue weighted by Crippen LogP contribution is -2.48. The van der Waals surface area contributed by atoms with Crippen LogP contribution in [0.2, 0.25) is 0 Å². The molecule has 32 heavy (non-hydrogen) atoms. The van der Waals surface area contributed by atoms with Crippen molar-refractivity contribution in [2.75, 3.05) is 33.0 Å². The fourth-order valence-corrected chi connectivity index (χ4v) is 4.05. The fraction of sp³-hybridized carbons (Fsp3) is 0.269. The Hall–Kier alpha value is -3.51. The van der Waals surface area contributed by atoms with Crippen molar-refractivity contribution in [2.45, 2.75) is 13.2 Å². The number of carbonyl (C=O) groups excluding carboxylic acids is 1. The summed E-state index contributed by atoms with van der Waals surface area (Å²) >= 11 is 0. The summed E-state index contributed by atoms with van der Waals surface area (Å²) in [5.74, 6) is 2.38. The van der Waals surface area contributed by atoms with Crippen LogP contribution in [0, 0.1) is 0 Å². The second kappa shape index (κ2) is 9.32. The minimum absolute atomic E-state index is 0.0536. The van der Waals surface area contributed by atoms with Crippen molar-refractivity contribution in [2.24, 2.45) is 0 Å². The van der Waals surface area contributed by atoms with Gasteiger partial charge in [0.25, 0.3) is 5.91 Å². The van der Waals surface area contributed by atoms with Gasteiger partial charge in [-0.2, -0.15) is 0 Å². The van der Waals surface area contributed by atoms with Crippen molar-refractivity contribution in [1.82, 2.24) is 9.80 Å². The van der Waals surface area contributed by atoms with Gasteiger partial charge in [-0.05, 0) is 41.5 Å². The molecule has 3 aromatic carbocycles. The molecular formula is C26H26N2O4. The zero-order chi connectivity index (χ0) is 21.8. The maximum atomic E-state index is 13.0. The van der Waals surface area contributed by atoms with Crippen LogP contribution >= 0.6 is 0 Å². The predicted octanol–water partition coefficient (Wildman–Crippen LogP) is 3.95. The Labute approximate surface area is 187 Å². The third kappa shape index (κ3) is 4.70. The Morgan fingerprint density at radius 3 is 2.47 bits per heavy atom. The molecule has 0 bridgehead atoms. The molecule has 0 aliphatic carbocycles. The van der Waals surface area contributed by atoms with Gasteiger partial charge in [-0.25, -0.2) is 0 Å². The highest BCUT2D eigenvalue weighted by molar-refractivity contribution is 5.94. The summed E-state index contributed by atoms with van der Waals surface area (Å²) in [4.78, 5) is 17.3. The van der Waals surface area contributed by atoms with E-state index >= 15 is 0 Å². The highest BCUT2D eigenvalue weighted by Crippen LogP contribution is 2.32. The second-order valence-corrected chi connectivity index (χ2v) is 8.06. The fourth-order valence-electron chi connectivity index (χ4n) is 4.05. The summed E-state index contributed by atoms with van der Waals surface area (Å²) in [5.41, 5.74) is 2.96. The second-order valence-electron chi connectivity index (χ2n) is 8.06. The van der Waals surface area contributed by atoms with Crippen LogP contribution in [-0.2, 0) is 13.2 Å². The molecule has 5 rings (SSSR count). The zero-order valence-electron chi connectivity index (χ0n) is 17.9. The van der Waals surface area contributed by atoms with Gasteiger partial charge < -0.3 is 19.1 Å². The molecule has 0 saturated carbocycles. The van der Waals surface area contributed by atoms with Crippen molar-refractivity contribution in [3.05, 3.63) is 89.5 Å². The average Bonchev–Trinajstić information content (AvgIpc) is 3.32. The van der Waals surface area contributed by atoms with Crippen LogP contribution in [0.5, 0.6) is 17.2 Å². The van der Waals surface area contributed by atoms with Gasteiger partial charge in [-0.1, -0.05) is 42.5 Å². The van der Waals surface area contributed by atoms with Crippen molar-refractivity contribution < 1.29 is 19.0 Å². The van der Waals surface area contributed by atoms with Gasteiger partial charge >= 0.3 is 0 Å². The number of rotatable bonds is 6. The highest BCUT2D eigenvalue weighted by atomic mass is 16.7. The predicted molar refractivity (Wildman–Crippen MR) is 121 cm³/mol. The minimum Gasteiger partial charge on any atom is -0.489 e. The molecule has 1 fully saturated rings. The van der Waals surface area contributed by atoms with Gasteiger partial charge in [0, 0.05) is 38.3 Å². The first kappa shape index (κ1) is 20.4. The molecule has 0 spiro atoms. The maximum absolute atomic E-state index is 13.0. The van der Waals surface area contributed by atoms with Gasteiger partial charge in [-0.3, -0.25) is 9.69 Å². The monoisotopic (exact) mass is 430 g/mol. The van der Waals surface area contributed by atoms with E-state index in [1.54, 1.807) is 0 Å². The van der Waals surface area contributed by atoms with Gasteiger partial charge in [0.05, 0.1) is 0 Å². The van der Waals surface area contributed by atoms with Crippen molar-refractivity contribution in [1.29, 1.82) is 0 Å². The smallest absolute Gasteiger partial charge is 0.254 e. The first-order chi connectivity index (χ1) is 15.7. The zero-order valence-corrected chi connectivity index (χ0v) is 17.9. The molecule has 0 radical (unpaired) electrons. The Kier molecular flexibility index (Phi) is 5.94. The first-order valence-electron chi connectivity index (χ1n) is 10.9. The van der Waals surface area contributed by atoms with Crippen molar-refractivity contribution in [3.8, 4) is 17.2 Å². The maximum Gasteiger partial charge on any atom is 0.254 e. The molecule has 1 amide bonds. The van der Waals surface area contributed by atoms with E-state index in [1.165, 1.54) is 5.56 Å². The van der Waals surface area contributed by atoms with E-state index < -0.39 is 0 Å². The third-order valence-electron chi connectivity index (χ3n) is 5.83. The molecule has 0 N–H and O–H groups in total. The lowest BCUT2D eigenvalue weighted by atomic mass is 10.1. The minimum atomic E-state index is 0.0536. The Bertz CT molecular complexity index is 1080. The van der Waals surface area contributed by atoms with Gasteiger partial charge in [-0.15, -0.1) is 0 Å². The van der Waals surface area contributed by atoms with Crippen LogP contribution in [0.1, 0.15) is 21.5 Å². The lowest BCUT2D eigenvalue weighted by Gasteiger charge is -2.34. The number of nitrogens with zero attached hydrogens (tertiary/aromatic N) is 2. The van der Waals surface area contributed by atoms with Gasteiger partial charge in [0.15, 0.2) is 11.5 Å². The molecule has 2 aliphatic heterocycles. The third-order valence-corrected chi connectivity index (χ3v) is 5.83. The number of carbonyl (C=O) groups is 1. The molecule has 3 aromatic rings. The molecule has 2 aliphatic rings. The lowest BCUT2D eigenvalue weighted by molar-refractivity contribution is 0.0628. The standard InChI is InChI=1S/C26H26N2O4/c29-26(22-7-4-8-23(16-22)30-18-20-5-2-1-3-6-20)28-13-11-27(12-14-28)17-21-9-10-24-25(15-21)32-19-31-24/h1-10,15-16H,11-14,17-19H2. The average molecular weight is 431 g/mol. The Morgan fingerprint density at radius 1 is 0.812 bits per heavy atom. The van der Waals surface area contributed by atoms with Crippen LogP contribution in [0.3, 0.4) is 0 Å². The number of fused-ring (bicyclic) bond motifs is 1. The summed E-state index contributed by atoms with van der Waals surface area (Å²) in [6.45, 7) is 4.70. The number of ether oxygens (including phenoxy) is 3. The van der Waals surface area contributed by atoms with Crippen LogP contribution in [0.4, 0.5) is 0 Å². The van der Waals surface area contributed by atoms with Crippen LogP contribution < -0.4 is 14.2 Å². The normalized spacial score (nSPS) is 15.6. The number of amides is 1. The topological polar surface area (TPSA) is 51.2 Å². The number of piperazine rings is 1. The molecule has 6 heteroatoms. The summed E-state index contributed by atoms with van der Waals surface area (Å²) in [6.07, 6.45) is 0. The first-order valence-corrected chi connectivity index (χ1v) is 10.9. The van der Waals surface area contributed by atoms with Crippen LogP contribution in [-0.4, -0.2) is 48.7 Å². The van der Waals surface area contributed by atoms with E-state index in [0.717, 1.165) is 36.7 Å². The quantitative estimate of drug-likeness (QED) is 0.593.